The molecule has 12 heteroatoms. The number of hydrogen-bond donors (Lipinski definition) is 0. The maximum atomic E-state index is 11.5. The summed E-state index contributed by atoms with van der Waals surface area (Å²) in [5.41, 5.74) is 0. The first-order valence-corrected chi connectivity index (χ1v) is 6.77. The molecule has 26 heavy (non-hydrogen) atoms. The summed E-state index contributed by atoms with van der Waals surface area (Å²) in [5, 5.41) is 0. The van der Waals surface area contributed by atoms with Crippen molar-refractivity contribution < 1.29 is 57.2 Å². The van der Waals surface area contributed by atoms with Crippen molar-refractivity contribution in [2.45, 2.75) is 40.6 Å². The molecule has 0 aliphatic carbocycles. The van der Waals surface area contributed by atoms with Gasteiger partial charge in [-0.1, -0.05) is 0 Å². The SMILES string of the molecule is CC(=O)OC(OC(C)=O)OC(=O)/C=C/C(=O)OC(OC(C)=O)OC(C)=O. The van der Waals surface area contributed by atoms with Crippen LogP contribution in [0.25, 0.3) is 0 Å². The standard InChI is InChI=1S/C14H16O12/c1-7(15)21-13(22-8(2)16)25-11(19)5-6-12(20)26-14(23-9(3)17)24-10(4)18/h5-6,13-14H,1-4H3/b6-5+. The van der Waals surface area contributed by atoms with Crippen LogP contribution in [-0.4, -0.2) is 48.8 Å². The number of ether oxygens (including phenoxy) is 6. The highest BCUT2D eigenvalue weighted by Crippen LogP contribution is 2.03. The summed E-state index contributed by atoms with van der Waals surface area (Å²) in [6, 6.07) is 0. The van der Waals surface area contributed by atoms with Gasteiger partial charge in [0.2, 0.25) is 0 Å². The first-order valence-electron chi connectivity index (χ1n) is 6.77. The monoisotopic (exact) mass is 376 g/mol. The highest BCUT2D eigenvalue weighted by Gasteiger charge is 2.21. The average molecular weight is 376 g/mol. The van der Waals surface area contributed by atoms with Gasteiger partial charge in [-0.25, -0.2) is 9.59 Å². The first-order chi connectivity index (χ1) is 12.0. The Morgan fingerprint density at radius 2 is 0.731 bits per heavy atom. The Kier molecular flexibility index (Phi) is 9.69. The molecule has 0 heterocycles. The van der Waals surface area contributed by atoms with E-state index in [1.807, 2.05) is 0 Å². The molecule has 0 saturated carbocycles. The minimum atomic E-state index is -1.95. The van der Waals surface area contributed by atoms with Crippen LogP contribution in [0, 0.1) is 0 Å². The third-order valence-corrected chi connectivity index (χ3v) is 1.83. The quantitative estimate of drug-likeness (QED) is 0.303. The lowest BCUT2D eigenvalue weighted by Gasteiger charge is -2.15. The molecule has 0 aromatic carbocycles. The lowest BCUT2D eigenvalue weighted by Crippen LogP contribution is -2.28. The molecule has 0 unspecified atom stereocenters. The normalized spacial score (nSPS) is 10.2. The maximum absolute atomic E-state index is 11.5. The molecule has 0 amide bonds. The summed E-state index contributed by atoms with van der Waals surface area (Å²) in [7, 11) is 0. The zero-order valence-corrected chi connectivity index (χ0v) is 14.2. The molecule has 0 rings (SSSR count). The van der Waals surface area contributed by atoms with Gasteiger partial charge in [-0.05, 0) is 0 Å². The van der Waals surface area contributed by atoms with Crippen LogP contribution in [-0.2, 0) is 57.2 Å². The van der Waals surface area contributed by atoms with Crippen molar-refractivity contribution in [1.82, 2.24) is 0 Å². The molecule has 0 fully saturated rings. The number of carbonyl (C=O) groups excluding carboxylic acids is 6. The second-order valence-corrected chi connectivity index (χ2v) is 4.22. The van der Waals surface area contributed by atoms with Crippen molar-refractivity contribution in [2.75, 3.05) is 0 Å². The molecule has 0 radical (unpaired) electrons. The Hall–Kier alpha value is -3.44. The molecular weight excluding hydrogens is 360 g/mol. The summed E-state index contributed by atoms with van der Waals surface area (Å²) in [6.45, 7) is -0.00611. The third-order valence-electron chi connectivity index (χ3n) is 1.83. The lowest BCUT2D eigenvalue weighted by atomic mass is 10.5. The zero-order chi connectivity index (χ0) is 20.3. The van der Waals surface area contributed by atoms with Crippen LogP contribution >= 0.6 is 0 Å². The van der Waals surface area contributed by atoms with Crippen molar-refractivity contribution in [3.8, 4) is 0 Å². The molecule has 0 N–H and O–H groups in total. The summed E-state index contributed by atoms with van der Waals surface area (Å²) in [5.74, 6) is -6.11. The molecule has 144 valence electrons. The van der Waals surface area contributed by atoms with Gasteiger partial charge in [0.25, 0.3) is 0 Å². The summed E-state index contributed by atoms with van der Waals surface area (Å²) >= 11 is 0. The first kappa shape index (κ1) is 22.6. The predicted molar refractivity (Wildman–Crippen MR) is 76.0 cm³/mol. The Bertz CT molecular complexity index is 521. The van der Waals surface area contributed by atoms with Gasteiger partial charge in [0.05, 0.1) is 0 Å². The van der Waals surface area contributed by atoms with Crippen LogP contribution < -0.4 is 0 Å². The smallest absolute Gasteiger partial charge is 0.391 e. The predicted octanol–water partition coefficient (Wildman–Crippen LogP) is -0.551. The van der Waals surface area contributed by atoms with Crippen molar-refractivity contribution in [1.29, 1.82) is 0 Å². The van der Waals surface area contributed by atoms with E-state index in [0.717, 1.165) is 27.7 Å². The van der Waals surface area contributed by atoms with E-state index in [1.54, 1.807) is 0 Å². The van der Waals surface area contributed by atoms with Crippen LogP contribution in [0.2, 0.25) is 0 Å². The molecule has 12 nitrogen and oxygen atoms in total. The van der Waals surface area contributed by atoms with Gasteiger partial charge >= 0.3 is 48.8 Å². The lowest BCUT2D eigenvalue weighted by molar-refractivity contribution is -0.256. The van der Waals surface area contributed by atoms with Gasteiger partial charge in [-0.2, -0.15) is 0 Å². The second kappa shape index (κ2) is 11.2. The molecule has 0 aliphatic heterocycles. The van der Waals surface area contributed by atoms with Crippen molar-refractivity contribution >= 4 is 35.8 Å². The highest BCUT2D eigenvalue weighted by atomic mass is 16.9. The highest BCUT2D eigenvalue weighted by molar-refractivity contribution is 5.91. The molecular formula is C14H16O12. The van der Waals surface area contributed by atoms with E-state index in [9.17, 15) is 28.8 Å². The van der Waals surface area contributed by atoms with Crippen LogP contribution in [0.3, 0.4) is 0 Å². The van der Waals surface area contributed by atoms with Crippen molar-refractivity contribution in [3.05, 3.63) is 12.2 Å². The summed E-state index contributed by atoms with van der Waals surface area (Å²) in [6.07, 6.45) is 1.06. The van der Waals surface area contributed by atoms with Crippen LogP contribution in [0.5, 0.6) is 0 Å². The van der Waals surface area contributed by atoms with Gasteiger partial charge in [-0.15, -0.1) is 0 Å². The summed E-state index contributed by atoms with van der Waals surface area (Å²) in [4.78, 5) is 66.2. The average Bonchev–Trinajstić information content (AvgIpc) is 2.41. The fourth-order valence-corrected chi connectivity index (χ4v) is 1.09. The molecule has 0 bridgehead atoms. The van der Waals surface area contributed by atoms with E-state index in [0.29, 0.717) is 12.2 Å². The minimum absolute atomic E-state index is 0.529. The zero-order valence-electron chi connectivity index (χ0n) is 14.2. The number of hydrogen-bond acceptors (Lipinski definition) is 12. The number of rotatable bonds is 8. The van der Waals surface area contributed by atoms with E-state index in [-0.39, 0.29) is 0 Å². The van der Waals surface area contributed by atoms with Crippen molar-refractivity contribution in [2.24, 2.45) is 0 Å². The second-order valence-electron chi connectivity index (χ2n) is 4.22. The topological polar surface area (TPSA) is 158 Å². The molecule has 0 aromatic rings. The van der Waals surface area contributed by atoms with E-state index in [4.69, 9.17) is 0 Å². The van der Waals surface area contributed by atoms with Crippen molar-refractivity contribution in [3.63, 3.8) is 0 Å². The van der Waals surface area contributed by atoms with Crippen LogP contribution in [0.4, 0.5) is 0 Å². The third kappa shape index (κ3) is 12.0. The Morgan fingerprint density at radius 1 is 0.500 bits per heavy atom. The Balaban J connectivity index is 4.73. The van der Waals surface area contributed by atoms with Gasteiger partial charge in [0.1, 0.15) is 0 Å². The summed E-state index contributed by atoms with van der Waals surface area (Å²) < 4.78 is 26.5. The van der Waals surface area contributed by atoms with E-state index in [2.05, 4.69) is 28.4 Å². The molecule has 0 spiro atoms. The Labute approximate surface area is 146 Å². The fourth-order valence-electron chi connectivity index (χ4n) is 1.09. The van der Waals surface area contributed by atoms with E-state index < -0.39 is 48.8 Å². The molecule has 0 aliphatic rings. The fraction of sp³-hybridized carbons (Fsp3) is 0.429. The van der Waals surface area contributed by atoms with Gasteiger partial charge in [0, 0.05) is 39.8 Å². The largest absolute Gasteiger partial charge is 0.413 e. The molecule has 0 aromatic heterocycles. The van der Waals surface area contributed by atoms with Gasteiger partial charge in [-0.3, -0.25) is 19.2 Å². The molecule has 0 atom stereocenters. The Morgan fingerprint density at radius 3 is 0.923 bits per heavy atom. The van der Waals surface area contributed by atoms with Gasteiger partial charge < -0.3 is 28.4 Å². The van der Waals surface area contributed by atoms with E-state index in [1.165, 1.54) is 0 Å². The van der Waals surface area contributed by atoms with E-state index >= 15 is 0 Å². The van der Waals surface area contributed by atoms with Crippen LogP contribution in [0.1, 0.15) is 27.7 Å². The van der Waals surface area contributed by atoms with Crippen LogP contribution in [0.15, 0.2) is 12.2 Å². The molecule has 0 saturated heterocycles. The maximum Gasteiger partial charge on any atom is 0.413 e. The number of esters is 6. The number of carbonyl (C=O) groups is 6. The minimum Gasteiger partial charge on any atom is -0.391 e. The van der Waals surface area contributed by atoms with Gasteiger partial charge in [0.15, 0.2) is 0 Å².